The number of nitrogens with zero attached hydrogens (tertiary/aromatic N) is 1. The van der Waals surface area contributed by atoms with Crippen molar-refractivity contribution in [3.05, 3.63) is 28.0 Å². The molecule has 64 valence electrons. The van der Waals surface area contributed by atoms with Gasteiger partial charge in [-0.2, -0.15) is 0 Å². The van der Waals surface area contributed by atoms with Crippen molar-refractivity contribution in [2.75, 3.05) is 0 Å². The summed E-state index contributed by atoms with van der Waals surface area (Å²) >= 11 is 11.3. The predicted molar refractivity (Wildman–Crippen MR) is 48.6 cm³/mol. The molecule has 0 aliphatic carbocycles. The molecule has 0 atom stereocenters. The summed E-state index contributed by atoms with van der Waals surface area (Å²) in [6.07, 6.45) is 1.90. The van der Waals surface area contributed by atoms with Gasteiger partial charge in [-0.1, -0.05) is 23.2 Å². The van der Waals surface area contributed by atoms with Gasteiger partial charge in [0.15, 0.2) is 0 Å². The zero-order valence-electron chi connectivity index (χ0n) is 6.47. The maximum atomic E-state index is 10.7. The first kappa shape index (κ1) is 9.49. The number of Topliss-reactive ketones (excluding diaryl/α,β-unsaturated/α-hetero) is 1. The molecule has 0 N–H and O–H groups in total. The molecule has 0 unspecified atom stereocenters. The van der Waals surface area contributed by atoms with Gasteiger partial charge in [0.25, 0.3) is 0 Å². The maximum Gasteiger partial charge on any atom is 0.147 e. The lowest BCUT2D eigenvalue weighted by Crippen LogP contribution is -1.96. The topological polar surface area (TPSA) is 30.0 Å². The Labute approximate surface area is 80.5 Å². The zero-order valence-corrected chi connectivity index (χ0v) is 7.99. The minimum Gasteiger partial charge on any atom is -0.300 e. The van der Waals surface area contributed by atoms with Crippen LogP contribution in [-0.4, -0.2) is 10.8 Å². The van der Waals surface area contributed by atoms with Crippen LogP contribution in [0, 0.1) is 0 Å². The van der Waals surface area contributed by atoms with Gasteiger partial charge in [0, 0.05) is 12.6 Å². The zero-order chi connectivity index (χ0) is 9.14. The predicted octanol–water partition coefficient (Wildman–Crippen LogP) is 2.52. The number of carbonyl (C=O) groups is 1. The smallest absolute Gasteiger partial charge is 0.147 e. The van der Waals surface area contributed by atoms with Gasteiger partial charge in [0.1, 0.15) is 10.9 Å². The quantitative estimate of drug-likeness (QED) is 0.692. The van der Waals surface area contributed by atoms with E-state index in [9.17, 15) is 4.79 Å². The summed E-state index contributed by atoms with van der Waals surface area (Å²) in [6.45, 7) is 1.52. The molecule has 1 heterocycles. The van der Waals surface area contributed by atoms with Crippen molar-refractivity contribution in [3.63, 3.8) is 0 Å². The summed E-state index contributed by atoms with van der Waals surface area (Å²) in [5.74, 6) is 0.0789. The maximum absolute atomic E-state index is 10.7. The van der Waals surface area contributed by atoms with Crippen LogP contribution >= 0.6 is 23.2 Å². The van der Waals surface area contributed by atoms with E-state index >= 15 is 0 Å². The second-order valence-corrected chi connectivity index (χ2v) is 3.26. The van der Waals surface area contributed by atoms with E-state index in [-0.39, 0.29) is 10.9 Å². The van der Waals surface area contributed by atoms with Crippen LogP contribution in [0.4, 0.5) is 0 Å². The highest BCUT2D eigenvalue weighted by Gasteiger charge is 2.02. The molecule has 12 heavy (non-hydrogen) atoms. The number of pyridine rings is 1. The molecule has 0 amide bonds. The first-order valence-electron chi connectivity index (χ1n) is 3.39. The highest BCUT2D eigenvalue weighted by molar-refractivity contribution is 6.41. The van der Waals surface area contributed by atoms with Crippen molar-refractivity contribution in [2.24, 2.45) is 0 Å². The number of ketones is 1. The first-order chi connectivity index (χ1) is 5.59. The van der Waals surface area contributed by atoms with Crippen LogP contribution in [0.25, 0.3) is 0 Å². The third-order valence-electron chi connectivity index (χ3n) is 1.31. The van der Waals surface area contributed by atoms with E-state index in [1.807, 2.05) is 0 Å². The van der Waals surface area contributed by atoms with Gasteiger partial charge in [-0.25, -0.2) is 4.98 Å². The number of hydrogen-bond donors (Lipinski definition) is 0. The lowest BCUT2D eigenvalue weighted by molar-refractivity contribution is -0.116. The molecule has 0 aliphatic rings. The molecule has 1 aromatic rings. The Bertz CT molecular complexity index is 312. The number of rotatable bonds is 2. The van der Waals surface area contributed by atoms with Crippen LogP contribution in [0.3, 0.4) is 0 Å². The second-order valence-electron chi connectivity index (χ2n) is 2.49. The molecule has 0 radical (unpaired) electrons. The van der Waals surface area contributed by atoms with Crippen molar-refractivity contribution in [1.29, 1.82) is 0 Å². The normalized spacial score (nSPS) is 9.92. The fourth-order valence-corrected chi connectivity index (χ4v) is 1.14. The first-order valence-corrected chi connectivity index (χ1v) is 4.14. The summed E-state index contributed by atoms with van der Waals surface area (Å²) in [7, 11) is 0. The Morgan fingerprint density at radius 3 is 2.75 bits per heavy atom. The van der Waals surface area contributed by atoms with E-state index < -0.39 is 0 Å². The molecule has 0 saturated carbocycles. The molecular weight excluding hydrogens is 197 g/mol. The Balaban J connectivity index is 2.89. The van der Waals surface area contributed by atoms with Gasteiger partial charge in [-0.05, 0) is 18.6 Å². The second kappa shape index (κ2) is 3.87. The van der Waals surface area contributed by atoms with Crippen molar-refractivity contribution in [3.8, 4) is 0 Å². The third-order valence-corrected chi connectivity index (χ3v) is 1.99. The van der Waals surface area contributed by atoms with Gasteiger partial charge >= 0.3 is 0 Å². The van der Waals surface area contributed by atoms with Crippen molar-refractivity contribution in [1.82, 2.24) is 4.98 Å². The van der Waals surface area contributed by atoms with Crippen LogP contribution < -0.4 is 0 Å². The molecule has 1 rings (SSSR count). The molecule has 4 heteroatoms. The highest BCUT2D eigenvalue weighted by Crippen LogP contribution is 2.19. The standard InChI is InChI=1S/C8H7Cl2NO/c1-5(12)2-6-3-7(9)8(10)11-4-6/h3-4H,2H2,1H3. The Hall–Kier alpha value is -0.600. The molecule has 0 aromatic carbocycles. The van der Waals surface area contributed by atoms with Crippen LogP contribution in [0.1, 0.15) is 12.5 Å². The van der Waals surface area contributed by atoms with Crippen LogP contribution in [0.2, 0.25) is 10.2 Å². The number of aromatic nitrogens is 1. The molecule has 0 fully saturated rings. The van der Waals surface area contributed by atoms with Crippen LogP contribution in [0.15, 0.2) is 12.3 Å². The molecule has 2 nitrogen and oxygen atoms in total. The minimum absolute atomic E-state index is 0.0789. The average molecular weight is 204 g/mol. The van der Waals surface area contributed by atoms with Gasteiger partial charge in [-0.15, -0.1) is 0 Å². The largest absolute Gasteiger partial charge is 0.300 e. The van der Waals surface area contributed by atoms with Crippen LogP contribution in [-0.2, 0) is 11.2 Å². The Morgan fingerprint density at radius 2 is 2.25 bits per heavy atom. The monoisotopic (exact) mass is 203 g/mol. The number of hydrogen-bond acceptors (Lipinski definition) is 2. The average Bonchev–Trinajstić information content (AvgIpc) is 1.96. The Morgan fingerprint density at radius 1 is 1.58 bits per heavy atom. The van der Waals surface area contributed by atoms with Crippen molar-refractivity contribution in [2.45, 2.75) is 13.3 Å². The van der Waals surface area contributed by atoms with E-state index in [1.165, 1.54) is 6.92 Å². The van der Waals surface area contributed by atoms with Crippen molar-refractivity contribution >= 4 is 29.0 Å². The Kier molecular flexibility index (Phi) is 3.06. The summed E-state index contributed by atoms with van der Waals surface area (Å²) in [6, 6.07) is 1.65. The summed E-state index contributed by atoms with van der Waals surface area (Å²) in [5, 5.41) is 0.652. The summed E-state index contributed by atoms with van der Waals surface area (Å²) in [4.78, 5) is 14.5. The summed E-state index contributed by atoms with van der Waals surface area (Å²) < 4.78 is 0. The molecular formula is C8H7Cl2NO. The molecule has 1 aromatic heterocycles. The van der Waals surface area contributed by atoms with Gasteiger partial charge in [0.05, 0.1) is 5.02 Å². The fourth-order valence-electron chi connectivity index (χ4n) is 0.845. The summed E-state index contributed by atoms with van der Waals surface area (Å²) in [5.41, 5.74) is 0.789. The van der Waals surface area contributed by atoms with E-state index in [2.05, 4.69) is 4.98 Å². The lowest BCUT2D eigenvalue weighted by atomic mass is 10.2. The molecule has 0 aliphatic heterocycles. The van der Waals surface area contributed by atoms with Gasteiger partial charge in [-0.3, -0.25) is 4.79 Å². The van der Waals surface area contributed by atoms with E-state index in [0.29, 0.717) is 11.4 Å². The van der Waals surface area contributed by atoms with E-state index in [1.54, 1.807) is 12.3 Å². The molecule has 0 spiro atoms. The lowest BCUT2D eigenvalue weighted by Gasteiger charge is -1.98. The van der Waals surface area contributed by atoms with Gasteiger partial charge < -0.3 is 0 Å². The molecule has 0 saturated heterocycles. The highest BCUT2D eigenvalue weighted by atomic mass is 35.5. The van der Waals surface area contributed by atoms with Gasteiger partial charge in [0.2, 0.25) is 0 Å². The minimum atomic E-state index is 0.0789. The van der Waals surface area contributed by atoms with Crippen molar-refractivity contribution < 1.29 is 4.79 Å². The van der Waals surface area contributed by atoms with E-state index in [0.717, 1.165) is 5.56 Å². The van der Waals surface area contributed by atoms with E-state index in [4.69, 9.17) is 23.2 Å². The third kappa shape index (κ3) is 2.47. The number of halogens is 2. The molecule has 0 bridgehead atoms. The number of carbonyl (C=O) groups excluding carboxylic acids is 1. The fraction of sp³-hybridized carbons (Fsp3) is 0.250. The SMILES string of the molecule is CC(=O)Cc1cnc(Cl)c(Cl)c1. The van der Waals surface area contributed by atoms with Crippen LogP contribution in [0.5, 0.6) is 0 Å².